The molecule has 128 valence electrons. The quantitative estimate of drug-likeness (QED) is 0.795. The second kappa shape index (κ2) is 7.45. The van der Waals surface area contributed by atoms with Gasteiger partial charge in [-0.1, -0.05) is 23.7 Å². The summed E-state index contributed by atoms with van der Waals surface area (Å²) >= 11 is 5.76. The molecule has 6 heteroatoms. The fraction of sp³-hybridized carbons (Fsp3) is 0.333. The highest BCUT2D eigenvalue weighted by Crippen LogP contribution is 2.34. The van der Waals surface area contributed by atoms with Crippen molar-refractivity contribution in [3.63, 3.8) is 0 Å². The first-order valence-corrected chi connectivity index (χ1v) is 8.20. The Morgan fingerprint density at radius 3 is 2.46 bits per heavy atom. The van der Waals surface area contributed by atoms with Gasteiger partial charge in [-0.25, -0.2) is 13.2 Å². The van der Waals surface area contributed by atoms with Gasteiger partial charge in [-0.2, -0.15) is 0 Å². The molecule has 0 aromatic heterocycles. The molecule has 0 bridgehead atoms. The fourth-order valence-electron chi connectivity index (χ4n) is 3.07. The summed E-state index contributed by atoms with van der Waals surface area (Å²) in [6, 6.07) is 6.63. The van der Waals surface area contributed by atoms with Crippen LogP contribution in [0.4, 0.5) is 13.2 Å². The van der Waals surface area contributed by atoms with Crippen molar-refractivity contribution >= 4 is 11.6 Å². The van der Waals surface area contributed by atoms with Gasteiger partial charge in [-0.05, 0) is 61.2 Å². The number of ether oxygens (including phenoxy) is 1. The van der Waals surface area contributed by atoms with Crippen molar-refractivity contribution in [2.75, 3.05) is 13.1 Å². The zero-order valence-electron chi connectivity index (χ0n) is 12.9. The lowest BCUT2D eigenvalue weighted by Gasteiger charge is -2.25. The molecule has 1 aliphatic rings. The molecule has 0 atom stereocenters. The van der Waals surface area contributed by atoms with Crippen molar-refractivity contribution in [2.24, 2.45) is 0 Å². The molecule has 1 fully saturated rings. The Hall–Kier alpha value is -1.72. The predicted octanol–water partition coefficient (Wildman–Crippen LogP) is 4.80. The van der Waals surface area contributed by atoms with Crippen LogP contribution in [0.1, 0.15) is 29.9 Å². The van der Waals surface area contributed by atoms with Gasteiger partial charge in [0.15, 0.2) is 11.6 Å². The van der Waals surface area contributed by atoms with Gasteiger partial charge in [0.25, 0.3) is 0 Å². The van der Waals surface area contributed by atoms with Crippen LogP contribution in [-0.2, 0) is 6.61 Å². The van der Waals surface area contributed by atoms with Crippen LogP contribution in [0.15, 0.2) is 30.3 Å². The molecular weight excluding hydrogens is 339 g/mol. The summed E-state index contributed by atoms with van der Waals surface area (Å²) in [4.78, 5) is 0. The molecule has 0 unspecified atom stereocenters. The number of hydrogen-bond donors (Lipinski definition) is 1. The Bertz CT molecular complexity index is 732. The van der Waals surface area contributed by atoms with E-state index in [9.17, 15) is 13.2 Å². The average molecular weight is 356 g/mol. The number of rotatable bonds is 4. The number of halogens is 4. The van der Waals surface area contributed by atoms with Crippen molar-refractivity contribution in [3.8, 4) is 5.75 Å². The molecular formula is C18H17ClF3NO. The Labute approximate surface area is 143 Å². The molecule has 3 rings (SSSR count). The number of benzene rings is 2. The second-order valence-corrected chi connectivity index (χ2v) is 6.18. The van der Waals surface area contributed by atoms with Gasteiger partial charge in [0.2, 0.25) is 0 Å². The van der Waals surface area contributed by atoms with E-state index in [-0.39, 0.29) is 24.1 Å². The molecule has 1 aliphatic heterocycles. The fourth-order valence-corrected chi connectivity index (χ4v) is 3.27. The molecule has 1 heterocycles. The molecule has 2 aromatic rings. The lowest BCUT2D eigenvalue weighted by atomic mass is 9.87. The Balaban J connectivity index is 1.86. The predicted molar refractivity (Wildman–Crippen MR) is 86.9 cm³/mol. The van der Waals surface area contributed by atoms with Crippen LogP contribution < -0.4 is 10.1 Å². The standard InChI is InChI=1S/C18H17ClF3NO/c19-17-14(21)4-5-15(22)18(17)24-10-12-2-1-3-13(20)16(12)11-6-8-23-9-7-11/h1-5,11,23H,6-10H2. The first-order chi connectivity index (χ1) is 11.6. The van der Waals surface area contributed by atoms with E-state index in [1.807, 2.05) is 0 Å². The van der Waals surface area contributed by atoms with E-state index in [4.69, 9.17) is 16.3 Å². The van der Waals surface area contributed by atoms with Gasteiger partial charge in [-0.15, -0.1) is 0 Å². The lowest BCUT2D eigenvalue weighted by molar-refractivity contribution is 0.285. The zero-order valence-corrected chi connectivity index (χ0v) is 13.7. The van der Waals surface area contributed by atoms with Crippen LogP contribution in [0, 0.1) is 17.5 Å². The summed E-state index contributed by atoms with van der Waals surface area (Å²) in [7, 11) is 0. The summed E-state index contributed by atoms with van der Waals surface area (Å²) in [6.45, 7) is 1.57. The van der Waals surface area contributed by atoms with E-state index in [0.29, 0.717) is 11.1 Å². The summed E-state index contributed by atoms with van der Waals surface area (Å²) in [5.41, 5.74) is 1.22. The number of nitrogens with one attached hydrogen (secondary N) is 1. The SMILES string of the molecule is Fc1ccc(F)c(OCc2cccc(F)c2C2CCNCC2)c1Cl. The Morgan fingerprint density at radius 1 is 1.00 bits per heavy atom. The van der Waals surface area contributed by atoms with Crippen molar-refractivity contribution in [1.29, 1.82) is 0 Å². The van der Waals surface area contributed by atoms with Crippen LogP contribution in [-0.4, -0.2) is 13.1 Å². The van der Waals surface area contributed by atoms with Gasteiger partial charge < -0.3 is 10.1 Å². The minimum absolute atomic E-state index is 0.0723. The van der Waals surface area contributed by atoms with Crippen molar-refractivity contribution in [2.45, 2.75) is 25.4 Å². The topological polar surface area (TPSA) is 21.3 Å². The minimum atomic E-state index is -0.758. The van der Waals surface area contributed by atoms with E-state index in [2.05, 4.69) is 5.32 Å². The van der Waals surface area contributed by atoms with Crippen molar-refractivity contribution < 1.29 is 17.9 Å². The molecule has 0 aliphatic carbocycles. The lowest BCUT2D eigenvalue weighted by Crippen LogP contribution is -2.27. The third-order valence-corrected chi connectivity index (χ3v) is 4.62. The van der Waals surface area contributed by atoms with Crippen LogP contribution in [0.5, 0.6) is 5.75 Å². The summed E-state index contributed by atoms with van der Waals surface area (Å²) in [5.74, 6) is -2.07. The van der Waals surface area contributed by atoms with E-state index in [0.717, 1.165) is 38.1 Å². The van der Waals surface area contributed by atoms with E-state index in [1.165, 1.54) is 6.07 Å². The van der Waals surface area contributed by atoms with E-state index >= 15 is 0 Å². The Morgan fingerprint density at radius 2 is 1.71 bits per heavy atom. The monoisotopic (exact) mass is 355 g/mol. The highest BCUT2D eigenvalue weighted by atomic mass is 35.5. The summed E-state index contributed by atoms with van der Waals surface area (Å²) < 4.78 is 47.0. The molecule has 2 nitrogen and oxygen atoms in total. The van der Waals surface area contributed by atoms with Crippen LogP contribution in [0.3, 0.4) is 0 Å². The summed E-state index contributed by atoms with van der Waals surface area (Å²) in [6.07, 6.45) is 1.64. The molecule has 24 heavy (non-hydrogen) atoms. The molecule has 0 saturated carbocycles. The highest BCUT2D eigenvalue weighted by molar-refractivity contribution is 6.32. The van der Waals surface area contributed by atoms with Gasteiger partial charge >= 0.3 is 0 Å². The normalized spacial score (nSPS) is 15.5. The third-order valence-electron chi connectivity index (χ3n) is 4.26. The molecule has 0 spiro atoms. The first-order valence-electron chi connectivity index (χ1n) is 7.82. The first kappa shape index (κ1) is 17.1. The maximum Gasteiger partial charge on any atom is 0.177 e. The molecule has 1 N–H and O–H groups in total. The third kappa shape index (κ3) is 3.52. The molecule has 1 saturated heterocycles. The minimum Gasteiger partial charge on any atom is -0.484 e. The summed E-state index contributed by atoms with van der Waals surface area (Å²) in [5, 5.41) is 2.83. The maximum atomic E-state index is 14.3. The van der Waals surface area contributed by atoms with Gasteiger partial charge in [0.05, 0.1) is 0 Å². The van der Waals surface area contributed by atoms with Gasteiger partial charge in [0.1, 0.15) is 23.3 Å². The smallest absolute Gasteiger partial charge is 0.177 e. The van der Waals surface area contributed by atoms with Crippen LogP contribution in [0.25, 0.3) is 0 Å². The van der Waals surface area contributed by atoms with Crippen molar-refractivity contribution in [3.05, 3.63) is 63.9 Å². The van der Waals surface area contributed by atoms with Gasteiger partial charge in [0, 0.05) is 0 Å². The second-order valence-electron chi connectivity index (χ2n) is 5.80. The average Bonchev–Trinajstić information content (AvgIpc) is 2.59. The molecule has 0 amide bonds. The van der Waals surface area contributed by atoms with E-state index < -0.39 is 16.7 Å². The number of piperidine rings is 1. The Kier molecular flexibility index (Phi) is 5.31. The van der Waals surface area contributed by atoms with Crippen LogP contribution >= 0.6 is 11.6 Å². The zero-order chi connectivity index (χ0) is 17.1. The highest BCUT2D eigenvalue weighted by Gasteiger charge is 2.22. The van der Waals surface area contributed by atoms with E-state index in [1.54, 1.807) is 12.1 Å². The maximum absolute atomic E-state index is 14.3. The van der Waals surface area contributed by atoms with Crippen molar-refractivity contribution in [1.82, 2.24) is 5.32 Å². The van der Waals surface area contributed by atoms with Gasteiger partial charge in [-0.3, -0.25) is 0 Å². The molecule has 2 aromatic carbocycles. The molecule has 0 radical (unpaired) electrons. The largest absolute Gasteiger partial charge is 0.484 e. The van der Waals surface area contributed by atoms with Crippen LogP contribution in [0.2, 0.25) is 5.02 Å². The number of hydrogen-bond acceptors (Lipinski definition) is 2.